The molecule has 0 aromatic heterocycles. The molecule has 1 aliphatic carbocycles. The molecule has 0 radical (unpaired) electrons. The Kier molecular flexibility index (Phi) is 6.41. The van der Waals surface area contributed by atoms with Gasteiger partial charge in [0.2, 0.25) is 0 Å². The minimum absolute atomic E-state index is 0.0255. The third kappa shape index (κ3) is 4.96. The number of nitrogens with one attached hydrogen (secondary N) is 2. The van der Waals surface area contributed by atoms with Crippen LogP contribution in [0.25, 0.3) is 0 Å². The summed E-state index contributed by atoms with van der Waals surface area (Å²) in [7, 11) is 3.30. The smallest absolute Gasteiger partial charge is 0.391 e. The molecule has 148 valence electrons. The molecule has 9 heteroatoms. The van der Waals surface area contributed by atoms with Crippen LogP contribution in [-0.4, -0.2) is 43.9 Å². The number of benzene rings is 1. The Balaban J connectivity index is 2.23. The fourth-order valence-electron chi connectivity index (χ4n) is 3.38. The number of nitriles is 1. The highest BCUT2D eigenvalue weighted by Gasteiger charge is 2.41. The second kappa shape index (κ2) is 8.37. The lowest BCUT2D eigenvalue weighted by Gasteiger charge is -2.31. The van der Waals surface area contributed by atoms with E-state index in [0.717, 1.165) is 0 Å². The Hall–Kier alpha value is -2.63. The van der Waals surface area contributed by atoms with Crippen molar-refractivity contribution in [3.05, 3.63) is 17.7 Å². The van der Waals surface area contributed by atoms with E-state index in [-0.39, 0.29) is 31.0 Å². The number of carboxylic acid groups (broad SMARTS) is 1. The molecule has 0 saturated heterocycles. The topological polar surface area (TPSA) is 88.4 Å². The zero-order valence-electron chi connectivity index (χ0n) is 15.2. The summed E-state index contributed by atoms with van der Waals surface area (Å²) < 4.78 is 38.4. The van der Waals surface area contributed by atoms with Gasteiger partial charge in [-0.3, -0.25) is 0 Å². The average molecular weight is 384 g/mol. The number of alkyl halides is 3. The summed E-state index contributed by atoms with van der Waals surface area (Å²) in [4.78, 5) is 13.2. The lowest BCUT2D eigenvalue weighted by molar-refractivity contribution is -0.182. The van der Waals surface area contributed by atoms with Gasteiger partial charge < -0.3 is 20.6 Å². The van der Waals surface area contributed by atoms with Crippen molar-refractivity contribution in [1.29, 1.82) is 5.26 Å². The number of carboxylic acids is 1. The highest BCUT2D eigenvalue weighted by atomic mass is 19.4. The standard InChI is InChI=1S/C18H23F3N4O2/c1-23-14-10-16(25(2)8-7-22)13(17(26)27)9-15(14)24-12-5-3-11(4-6-12)18(19,20)21/h9-12,23-24H,3-6,8H2,1-2H3,(H,26,27). The zero-order valence-corrected chi connectivity index (χ0v) is 15.2. The molecule has 27 heavy (non-hydrogen) atoms. The number of hydrogen-bond acceptors (Lipinski definition) is 5. The summed E-state index contributed by atoms with van der Waals surface area (Å²) in [5.41, 5.74) is 1.56. The molecule has 0 aliphatic heterocycles. The maximum atomic E-state index is 12.8. The van der Waals surface area contributed by atoms with Crippen LogP contribution in [0.4, 0.5) is 30.2 Å². The fourth-order valence-corrected chi connectivity index (χ4v) is 3.38. The van der Waals surface area contributed by atoms with E-state index in [2.05, 4.69) is 10.6 Å². The first kappa shape index (κ1) is 20.7. The summed E-state index contributed by atoms with van der Waals surface area (Å²) in [6, 6.07) is 4.91. The normalized spacial score (nSPS) is 19.9. The highest BCUT2D eigenvalue weighted by Crippen LogP contribution is 2.39. The first-order chi connectivity index (χ1) is 12.7. The van der Waals surface area contributed by atoms with Gasteiger partial charge in [0.15, 0.2) is 0 Å². The number of hydrogen-bond donors (Lipinski definition) is 3. The van der Waals surface area contributed by atoms with Crippen molar-refractivity contribution in [2.45, 2.75) is 37.9 Å². The van der Waals surface area contributed by atoms with Crippen molar-refractivity contribution < 1.29 is 23.1 Å². The summed E-state index contributed by atoms with van der Waals surface area (Å²) >= 11 is 0. The average Bonchev–Trinajstić information content (AvgIpc) is 2.61. The van der Waals surface area contributed by atoms with Crippen LogP contribution in [-0.2, 0) is 0 Å². The zero-order chi connectivity index (χ0) is 20.2. The third-order valence-electron chi connectivity index (χ3n) is 4.90. The van der Waals surface area contributed by atoms with Crippen molar-refractivity contribution in [3.8, 4) is 6.07 Å². The largest absolute Gasteiger partial charge is 0.478 e. The van der Waals surface area contributed by atoms with Gasteiger partial charge in [-0.15, -0.1) is 0 Å². The summed E-state index contributed by atoms with van der Waals surface area (Å²) in [6.45, 7) is 0.0255. The van der Waals surface area contributed by atoms with E-state index < -0.39 is 18.1 Å². The number of rotatable bonds is 6. The predicted octanol–water partition coefficient (Wildman–Crippen LogP) is 3.92. The Labute approximate surface area is 156 Å². The molecule has 1 aromatic rings. The van der Waals surface area contributed by atoms with Gasteiger partial charge in [-0.2, -0.15) is 18.4 Å². The van der Waals surface area contributed by atoms with Crippen LogP contribution < -0.4 is 15.5 Å². The Morgan fingerprint density at radius 1 is 1.30 bits per heavy atom. The molecule has 0 atom stereocenters. The molecule has 0 bridgehead atoms. The molecule has 0 unspecified atom stereocenters. The first-order valence-electron chi connectivity index (χ1n) is 8.67. The van der Waals surface area contributed by atoms with E-state index in [0.29, 0.717) is 29.9 Å². The van der Waals surface area contributed by atoms with E-state index in [9.17, 15) is 23.1 Å². The van der Waals surface area contributed by atoms with Crippen LogP contribution >= 0.6 is 0 Å². The van der Waals surface area contributed by atoms with E-state index in [1.807, 2.05) is 6.07 Å². The molecule has 1 aliphatic rings. The quantitative estimate of drug-likeness (QED) is 0.645. The third-order valence-corrected chi connectivity index (χ3v) is 4.90. The predicted molar refractivity (Wildman–Crippen MR) is 97.3 cm³/mol. The Morgan fingerprint density at radius 2 is 1.93 bits per heavy atom. The van der Waals surface area contributed by atoms with Gasteiger partial charge in [0, 0.05) is 20.1 Å². The number of carbonyl (C=O) groups is 1. The van der Waals surface area contributed by atoms with Crippen LogP contribution in [0.15, 0.2) is 12.1 Å². The molecule has 0 spiro atoms. The lowest BCUT2D eigenvalue weighted by atomic mass is 9.85. The molecular weight excluding hydrogens is 361 g/mol. The van der Waals surface area contributed by atoms with Crippen molar-refractivity contribution in [1.82, 2.24) is 0 Å². The van der Waals surface area contributed by atoms with Crippen molar-refractivity contribution in [2.24, 2.45) is 5.92 Å². The second-order valence-electron chi connectivity index (χ2n) is 6.72. The van der Waals surface area contributed by atoms with E-state index >= 15 is 0 Å². The van der Waals surface area contributed by atoms with Crippen molar-refractivity contribution >= 4 is 23.0 Å². The van der Waals surface area contributed by atoms with E-state index in [1.165, 1.54) is 11.0 Å². The van der Waals surface area contributed by atoms with Gasteiger partial charge in [0.1, 0.15) is 6.54 Å². The minimum atomic E-state index is -4.16. The van der Waals surface area contributed by atoms with Crippen LogP contribution in [0.3, 0.4) is 0 Å². The molecule has 2 rings (SSSR count). The van der Waals surface area contributed by atoms with E-state index in [4.69, 9.17) is 5.26 Å². The summed E-state index contributed by atoms with van der Waals surface area (Å²) in [5, 5.41) is 24.5. The molecule has 0 heterocycles. The maximum absolute atomic E-state index is 12.8. The van der Waals surface area contributed by atoms with Gasteiger partial charge in [-0.1, -0.05) is 0 Å². The molecule has 6 nitrogen and oxygen atoms in total. The number of anilines is 3. The molecule has 1 saturated carbocycles. The molecular formula is C18H23F3N4O2. The molecule has 3 N–H and O–H groups in total. The van der Waals surface area contributed by atoms with E-state index in [1.54, 1.807) is 20.2 Å². The monoisotopic (exact) mass is 384 g/mol. The number of nitrogens with zero attached hydrogens (tertiary/aromatic N) is 2. The van der Waals surface area contributed by atoms with Crippen molar-refractivity contribution in [2.75, 3.05) is 36.2 Å². The van der Waals surface area contributed by atoms with Crippen LogP contribution in [0.5, 0.6) is 0 Å². The van der Waals surface area contributed by atoms with Gasteiger partial charge in [-0.25, -0.2) is 4.79 Å². The SMILES string of the molecule is CNc1cc(N(C)CC#N)c(C(=O)O)cc1NC1CCC(C(F)(F)F)CC1. The van der Waals surface area contributed by atoms with Gasteiger partial charge in [0.25, 0.3) is 0 Å². The van der Waals surface area contributed by atoms with Crippen LogP contribution in [0.2, 0.25) is 0 Å². The Morgan fingerprint density at radius 3 is 2.41 bits per heavy atom. The summed E-state index contributed by atoms with van der Waals surface area (Å²) in [6.07, 6.45) is -3.31. The van der Waals surface area contributed by atoms with Gasteiger partial charge >= 0.3 is 12.1 Å². The lowest BCUT2D eigenvalue weighted by Crippen LogP contribution is -2.33. The van der Waals surface area contributed by atoms with Crippen LogP contribution in [0, 0.1) is 17.2 Å². The van der Waals surface area contributed by atoms with Crippen LogP contribution in [0.1, 0.15) is 36.0 Å². The first-order valence-corrected chi connectivity index (χ1v) is 8.67. The molecule has 1 fully saturated rings. The summed E-state index contributed by atoms with van der Waals surface area (Å²) in [5.74, 6) is -2.41. The fraction of sp³-hybridized carbons (Fsp3) is 0.556. The number of halogens is 3. The maximum Gasteiger partial charge on any atom is 0.391 e. The van der Waals surface area contributed by atoms with Gasteiger partial charge in [-0.05, 0) is 37.8 Å². The second-order valence-corrected chi connectivity index (χ2v) is 6.72. The van der Waals surface area contributed by atoms with Gasteiger partial charge in [0.05, 0.1) is 34.6 Å². The minimum Gasteiger partial charge on any atom is -0.478 e. The Bertz CT molecular complexity index is 723. The molecule has 0 amide bonds. The number of aromatic carboxylic acids is 1. The highest BCUT2D eigenvalue weighted by molar-refractivity contribution is 5.98. The van der Waals surface area contributed by atoms with Crippen molar-refractivity contribution in [3.63, 3.8) is 0 Å². The molecule has 1 aromatic carbocycles.